The maximum atomic E-state index is 10.5. The van der Waals surface area contributed by atoms with Crippen molar-refractivity contribution >= 4 is 22.9 Å². The highest BCUT2D eigenvalue weighted by atomic mass is 16.5. The zero-order chi connectivity index (χ0) is 13.0. The molecule has 0 radical (unpaired) electrons. The molecule has 0 atom stereocenters. The molecular formula is C15H15NO2. The number of nitrogens with two attached hydrogens (primary N) is 1. The van der Waals surface area contributed by atoms with Gasteiger partial charge in [-0.15, -0.1) is 0 Å². The summed E-state index contributed by atoms with van der Waals surface area (Å²) in [7, 11) is 0. The van der Waals surface area contributed by atoms with E-state index >= 15 is 0 Å². The number of ether oxygens (including phenoxy) is 1. The molecular weight excluding hydrogens is 226 g/mol. The summed E-state index contributed by atoms with van der Waals surface area (Å²) in [6.45, 7) is 4.14. The first kappa shape index (κ1) is 12.2. The average Bonchev–Trinajstić information content (AvgIpc) is 2.38. The molecule has 0 aliphatic carbocycles. The van der Waals surface area contributed by atoms with Gasteiger partial charge in [-0.3, -0.25) is 0 Å². The third kappa shape index (κ3) is 2.51. The van der Waals surface area contributed by atoms with Gasteiger partial charge in [0.1, 0.15) is 0 Å². The Bertz CT molecular complexity index is 590. The Hall–Kier alpha value is -2.29. The SMILES string of the molecule is C=Cc1c(CCOC(N)=O)ccc2ccccc12. The zero-order valence-corrected chi connectivity index (χ0v) is 10.1. The van der Waals surface area contributed by atoms with Crippen LogP contribution in [0.3, 0.4) is 0 Å². The predicted molar refractivity (Wildman–Crippen MR) is 73.3 cm³/mol. The van der Waals surface area contributed by atoms with Crippen molar-refractivity contribution in [1.82, 2.24) is 0 Å². The van der Waals surface area contributed by atoms with E-state index in [9.17, 15) is 4.79 Å². The van der Waals surface area contributed by atoms with Gasteiger partial charge in [0, 0.05) is 6.42 Å². The monoisotopic (exact) mass is 241 g/mol. The average molecular weight is 241 g/mol. The van der Waals surface area contributed by atoms with Gasteiger partial charge in [0.25, 0.3) is 0 Å². The first-order valence-corrected chi connectivity index (χ1v) is 5.77. The smallest absolute Gasteiger partial charge is 0.404 e. The van der Waals surface area contributed by atoms with E-state index in [0.717, 1.165) is 16.5 Å². The molecule has 3 nitrogen and oxygen atoms in total. The van der Waals surface area contributed by atoms with Crippen LogP contribution in [0.2, 0.25) is 0 Å². The molecule has 0 spiro atoms. The maximum absolute atomic E-state index is 10.5. The van der Waals surface area contributed by atoms with Gasteiger partial charge >= 0.3 is 6.09 Å². The van der Waals surface area contributed by atoms with Crippen LogP contribution in [0.15, 0.2) is 43.0 Å². The van der Waals surface area contributed by atoms with E-state index in [2.05, 4.69) is 24.8 Å². The molecule has 0 heterocycles. The number of amides is 1. The second-order valence-corrected chi connectivity index (χ2v) is 3.98. The number of primary amides is 1. The van der Waals surface area contributed by atoms with Crippen molar-refractivity contribution in [1.29, 1.82) is 0 Å². The minimum Gasteiger partial charge on any atom is -0.449 e. The van der Waals surface area contributed by atoms with Gasteiger partial charge in [0.05, 0.1) is 6.61 Å². The molecule has 0 saturated heterocycles. The van der Waals surface area contributed by atoms with Crippen molar-refractivity contribution in [3.05, 3.63) is 54.1 Å². The van der Waals surface area contributed by atoms with E-state index in [1.54, 1.807) is 0 Å². The molecule has 2 aromatic rings. The molecule has 0 unspecified atom stereocenters. The predicted octanol–water partition coefficient (Wildman–Crippen LogP) is 3.12. The van der Waals surface area contributed by atoms with E-state index < -0.39 is 6.09 Å². The number of benzene rings is 2. The third-order valence-electron chi connectivity index (χ3n) is 2.88. The summed E-state index contributed by atoms with van der Waals surface area (Å²) >= 11 is 0. The van der Waals surface area contributed by atoms with Crippen LogP contribution < -0.4 is 5.73 Å². The lowest BCUT2D eigenvalue weighted by molar-refractivity contribution is 0.158. The van der Waals surface area contributed by atoms with E-state index in [1.807, 2.05) is 24.3 Å². The van der Waals surface area contributed by atoms with Crippen molar-refractivity contribution in [2.24, 2.45) is 5.73 Å². The fourth-order valence-electron chi connectivity index (χ4n) is 2.06. The lowest BCUT2D eigenvalue weighted by Gasteiger charge is -2.09. The summed E-state index contributed by atoms with van der Waals surface area (Å²) in [5.41, 5.74) is 7.12. The highest BCUT2D eigenvalue weighted by molar-refractivity contribution is 5.91. The maximum Gasteiger partial charge on any atom is 0.404 e. The zero-order valence-electron chi connectivity index (χ0n) is 10.1. The topological polar surface area (TPSA) is 52.3 Å². The molecule has 3 heteroatoms. The highest BCUT2D eigenvalue weighted by Gasteiger charge is 2.05. The van der Waals surface area contributed by atoms with Crippen molar-refractivity contribution < 1.29 is 9.53 Å². The summed E-state index contributed by atoms with van der Waals surface area (Å²) in [6, 6.07) is 12.2. The van der Waals surface area contributed by atoms with Crippen LogP contribution in [0.4, 0.5) is 4.79 Å². The van der Waals surface area contributed by atoms with E-state index in [-0.39, 0.29) is 6.61 Å². The normalized spacial score (nSPS) is 10.2. The van der Waals surface area contributed by atoms with Gasteiger partial charge in [-0.05, 0) is 21.9 Å². The minimum atomic E-state index is -0.740. The van der Waals surface area contributed by atoms with Crippen molar-refractivity contribution in [3.63, 3.8) is 0 Å². The molecule has 0 aromatic heterocycles. The molecule has 0 bridgehead atoms. The molecule has 2 rings (SSSR count). The molecule has 0 aliphatic rings. The molecule has 0 saturated carbocycles. The van der Waals surface area contributed by atoms with Crippen molar-refractivity contribution in [2.45, 2.75) is 6.42 Å². The molecule has 1 amide bonds. The Kier molecular flexibility index (Phi) is 3.63. The van der Waals surface area contributed by atoms with Crippen LogP contribution in [-0.4, -0.2) is 12.7 Å². The molecule has 92 valence electrons. The van der Waals surface area contributed by atoms with Crippen LogP contribution in [-0.2, 0) is 11.2 Å². The number of hydrogen-bond acceptors (Lipinski definition) is 2. The van der Waals surface area contributed by atoms with Gasteiger partial charge in [0.15, 0.2) is 0 Å². The number of carbonyl (C=O) groups excluding carboxylic acids is 1. The van der Waals surface area contributed by atoms with Crippen molar-refractivity contribution in [3.8, 4) is 0 Å². The Morgan fingerprint density at radius 3 is 2.78 bits per heavy atom. The van der Waals surface area contributed by atoms with Crippen LogP contribution in [0, 0.1) is 0 Å². The summed E-state index contributed by atoms with van der Waals surface area (Å²) < 4.78 is 4.76. The second-order valence-electron chi connectivity index (χ2n) is 3.98. The van der Waals surface area contributed by atoms with E-state index in [4.69, 9.17) is 10.5 Å². The highest BCUT2D eigenvalue weighted by Crippen LogP contribution is 2.23. The molecule has 2 N–H and O–H groups in total. The summed E-state index contributed by atoms with van der Waals surface area (Å²) in [6.07, 6.45) is 1.73. The summed E-state index contributed by atoms with van der Waals surface area (Å²) in [4.78, 5) is 10.5. The third-order valence-corrected chi connectivity index (χ3v) is 2.88. The summed E-state index contributed by atoms with van der Waals surface area (Å²) in [5, 5.41) is 2.33. The Labute approximate surface area is 106 Å². The lowest BCUT2D eigenvalue weighted by Crippen LogP contribution is -2.15. The van der Waals surface area contributed by atoms with Gasteiger partial charge < -0.3 is 10.5 Å². The second kappa shape index (κ2) is 5.36. The molecule has 18 heavy (non-hydrogen) atoms. The van der Waals surface area contributed by atoms with E-state index in [0.29, 0.717) is 6.42 Å². The molecule has 2 aromatic carbocycles. The minimum absolute atomic E-state index is 0.286. The van der Waals surface area contributed by atoms with Crippen LogP contribution in [0.5, 0.6) is 0 Å². The Morgan fingerprint density at radius 2 is 2.06 bits per heavy atom. The number of carbonyl (C=O) groups is 1. The van der Waals surface area contributed by atoms with Gasteiger partial charge in [0.2, 0.25) is 0 Å². The first-order valence-electron chi connectivity index (χ1n) is 5.77. The molecule has 0 aliphatic heterocycles. The van der Waals surface area contributed by atoms with Gasteiger partial charge in [-0.25, -0.2) is 4.79 Å². The fraction of sp³-hybridized carbons (Fsp3) is 0.133. The lowest BCUT2D eigenvalue weighted by atomic mass is 9.97. The Balaban J connectivity index is 2.33. The standard InChI is InChI=1S/C15H15NO2/c1-2-13-12(9-10-18-15(16)17)8-7-11-5-3-4-6-14(11)13/h2-8H,1,9-10H2,(H2,16,17). The van der Waals surface area contributed by atoms with Crippen LogP contribution in [0.25, 0.3) is 16.8 Å². The largest absolute Gasteiger partial charge is 0.449 e. The quantitative estimate of drug-likeness (QED) is 0.894. The summed E-state index contributed by atoms with van der Waals surface area (Å²) in [5.74, 6) is 0. The van der Waals surface area contributed by atoms with E-state index in [1.165, 1.54) is 5.39 Å². The van der Waals surface area contributed by atoms with Crippen LogP contribution in [0.1, 0.15) is 11.1 Å². The van der Waals surface area contributed by atoms with Gasteiger partial charge in [-0.1, -0.05) is 49.1 Å². The number of hydrogen-bond donors (Lipinski definition) is 1. The fourth-order valence-corrected chi connectivity index (χ4v) is 2.06. The number of rotatable bonds is 4. The molecule has 0 fully saturated rings. The van der Waals surface area contributed by atoms with Crippen LogP contribution >= 0.6 is 0 Å². The first-order chi connectivity index (χ1) is 8.72. The van der Waals surface area contributed by atoms with Crippen molar-refractivity contribution in [2.75, 3.05) is 6.61 Å². The number of fused-ring (bicyclic) bond motifs is 1. The Morgan fingerprint density at radius 1 is 1.28 bits per heavy atom. The van der Waals surface area contributed by atoms with Gasteiger partial charge in [-0.2, -0.15) is 0 Å².